The maximum Gasteiger partial charge on any atom is 0.139 e. The SMILES string of the molecule is Clc1ccc(Cl)c(OCCN2CCC(N3CCCC3)CC2)c1. The summed E-state index contributed by atoms with van der Waals surface area (Å²) in [7, 11) is 0. The first-order valence-electron chi connectivity index (χ1n) is 8.26. The predicted octanol–water partition coefficient (Wildman–Crippen LogP) is 3.93. The van der Waals surface area contributed by atoms with E-state index >= 15 is 0 Å². The molecule has 3 nitrogen and oxygen atoms in total. The van der Waals surface area contributed by atoms with Crippen LogP contribution in [0.1, 0.15) is 25.7 Å². The van der Waals surface area contributed by atoms with Gasteiger partial charge >= 0.3 is 0 Å². The number of piperidine rings is 1. The molecule has 2 heterocycles. The van der Waals surface area contributed by atoms with Crippen LogP contribution in [-0.2, 0) is 0 Å². The molecule has 0 amide bonds. The summed E-state index contributed by atoms with van der Waals surface area (Å²) in [4.78, 5) is 5.17. The quantitative estimate of drug-likeness (QED) is 0.806. The van der Waals surface area contributed by atoms with E-state index in [1.807, 2.05) is 0 Å². The molecule has 22 heavy (non-hydrogen) atoms. The first-order chi connectivity index (χ1) is 10.7. The molecule has 1 aromatic carbocycles. The van der Waals surface area contributed by atoms with E-state index < -0.39 is 0 Å². The fraction of sp³-hybridized carbons (Fsp3) is 0.647. The van der Waals surface area contributed by atoms with Crippen LogP contribution >= 0.6 is 23.2 Å². The predicted molar refractivity (Wildman–Crippen MR) is 92.2 cm³/mol. The zero-order valence-corrected chi connectivity index (χ0v) is 14.5. The van der Waals surface area contributed by atoms with E-state index in [1.54, 1.807) is 18.2 Å². The standard InChI is InChI=1S/C17H24Cl2N2O/c18-14-3-4-16(19)17(13-14)22-12-11-20-9-5-15(6-10-20)21-7-1-2-8-21/h3-4,13,15H,1-2,5-12H2. The molecule has 0 N–H and O–H groups in total. The van der Waals surface area contributed by atoms with Crippen LogP contribution in [0.25, 0.3) is 0 Å². The van der Waals surface area contributed by atoms with E-state index in [0.29, 0.717) is 22.4 Å². The van der Waals surface area contributed by atoms with Gasteiger partial charge in [0, 0.05) is 23.7 Å². The summed E-state index contributed by atoms with van der Waals surface area (Å²) in [6, 6.07) is 6.14. The monoisotopic (exact) mass is 342 g/mol. The minimum absolute atomic E-state index is 0.622. The zero-order chi connectivity index (χ0) is 15.4. The van der Waals surface area contributed by atoms with Crippen molar-refractivity contribution in [1.82, 2.24) is 9.80 Å². The lowest BCUT2D eigenvalue weighted by Gasteiger charge is -2.36. The summed E-state index contributed by atoms with van der Waals surface area (Å²) < 4.78 is 5.78. The van der Waals surface area contributed by atoms with Crippen molar-refractivity contribution < 1.29 is 4.74 Å². The average Bonchev–Trinajstić information content (AvgIpc) is 3.06. The first kappa shape index (κ1) is 16.4. The molecule has 0 aromatic heterocycles. The molecule has 1 aromatic rings. The molecule has 0 spiro atoms. The van der Waals surface area contributed by atoms with Gasteiger partial charge in [-0.25, -0.2) is 0 Å². The Bertz CT molecular complexity index is 484. The number of ether oxygens (including phenoxy) is 1. The van der Waals surface area contributed by atoms with Crippen LogP contribution in [0.2, 0.25) is 10.0 Å². The third-order valence-corrected chi connectivity index (χ3v) is 5.32. The molecule has 0 saturated carbocycles. The van der Waals surface area contributed by atoms with Gasteiger partial charge in [0.15, 0.2) is 0 Å². The molecule has 3 rings (SSSR count). The maximum absolute atomic E-state index is 6.11. The second kappa shape index (κ2) is 7.87. The van der Waals surface area contributed by atoms with Crippen molar-refractivity contribution >= 4 is 23.2 Å². The van der Waals surface area contributed by atoms with E-state index in [2.05, 4.69) is 9.80 Å². The van der Waals surface area contributed by atoms with Crippen LogP contribution in [0, 0.1) is 0 Å². The molecular weight excluding hydrogens is 319 g/mol. The van der Waals surface area contributed by atoms with Gasteiger partial charge < -0.3 is 9.64 Å². The summed E-state index contributed by atoms with van der Waals surface area (Å²) in [5, 5.41) is 1.28. The van der Waals surface area contributed by atoms with Gasteiger partial charge in [-0.2, -0.15) is 0 Å². The molecule has 2 aliphatic rings. The van der Waals surface area contributed by atoms with Gasteiger partial charge in [0.2, 0.25) is 0 Å². The highest BCUT2D eigenvalue weighted by molar-refractivity contribution is 6.34. The van der Waals surface area contributed by atoms with Crippen LogP contribution < -0.4 is 4.74 Å². The van der Waals surface area contributed by atoms with E-state index in [-0.39, 0.29) is 0 Å². The van der Waals surface area contributed by atoms with Gasteiger partial charge in [-0.05, 0) is 64.0 Å². The van der Waals surface area contributed by atoms with Crippen LogP contribution in [0.3, 0.4) is 0 Å². The molecule has 0 atom stereocenters. The van der Waals surface area contributed by atoms with Crippen molar-refractivity contribution in [2.24, 2.45) is 0 Å². The molecule has 0 unspecified atom stereocenters. The molecule has 2 fully saturated rings. The minimum Gasteiger partial charge on any atom is -0.491 e. The summed E-state index contributed by atoms with van der Waals surface area (Å²) in [6.45, 7) is 6.58. The Labute approximate surface area is 143 Å². The van der Waals surface area contributed by atoms with Crippen molar-refractivity contribution in [3.63, 3.8) is 0 Å². The molecule has 122 valence electrons. The van der Waals surface area contributed by atoms with Crippen molar-refractivity contribution in [1.29, 1.82) is 0 Å². The van der Waals surface area contributed by atoms with Crippen molar-refractivity contribution in [2.75, 3.05) is 39.3 Å². The first-order valence-corrected chi connectivity index (χ1v) is 9.02. The third-order valence-electron chi connectivity index (χ3n) is 4.77. The Hall–Kier alpha value is -0.480. The Morgan fingerprint density at radius 1 is 1.05 bits per heavy atom. The van der Waals surface area contributed by atoms with Gasteiger partial charge in [0.25, 0.3) is 0 Å². The summed E-state index contributed by atoms with van der Waals surface area (Å²) in [5.74, 6) is 0.682. The van der Waals surface area contributed by atoms with Crippen LogP contribution in [0.15, 0.2) is 18.2 Å². The third kappa shape index (κ3) is 4.29. The summed E-state index contributed by atoms with van der Waals surface area (Å²) in [6.07, 6.45) is 5.35. The molecular formula is C17H24Cl2N2O. The van der Waals surface area contributed by atoms with Gasteiger partial charge in [-0.1, -0.05) is 23.2 Å². The van der Waals surface area contributed by atoms with Crippen molar-refractivity contribution in [3.8, 4) is 5.75 Å². The molecule has 0 bridgehead atoms. The lowest BCUT2D eigenvalue weighted by molar-refractivity contribution is 0.114. The largest absolute Gasteiger partial charge is 0.491 e. The molecule has 2 saturated heterocycles. The normalized spacial score (nSPS) is 21.4. The van der Waals surface area contributed by atoms with E-state index in [4.69, 9.17) is 27.9 Å². The van der Waals surface area contributed by atoms with Gasteiger partial charge in [0.05, 0.1) is 5.02 Å². The second-order valence-corrected chi connectivity index (χ2v) is 7.08. The van der Waals surface area contributed by atoms with Crippen LogP contribution in [0.4, 0.5) is 0 Å². The highest BCUT2D eigenvalue weighted by Crippen LogP contribution is 2.27. The highest BCUT2D eigenvalue weighted by atomic mass is 35.5. The van der Waals surface area contributed by atoms with Gasteiger partial charge in [-0.3, -0.25) is 4.90 Å². The molecule has 5 heteroatoms. The Kier molecular flexibility index (Phi) is 5.86. The zero-order valence-electron chi connectivity index (χ0n) is 12.9. The van der Waals surface area contributed by atoms with E-state index in [0.717, 1.165) is 12.6 Å². The number of halogens is 2. The van der Waals surface area contributed by atoms with E-state index in [9.17, 15) is 0 Å². The average molecular weight is 343 g/mol. The molecule has 0 aliphatic carbocycles. The topological polar surface area (TPSA) is 15.7 Å². The smallest absolute Gasteiger partial charge is 0.139 e. The number of nitrogens with zero attached hydrogens (tertiary/aromatic N) is 2. The molecule has 2 aliphatic heterocycles. The van der Waals surface area contributed by atoms with Crippen molar-refractivity contribution in [2.45, 2.75) is 31.7 Å². The number of hydrogen-bond donors (Lipinski definition) is 0. The van der Waals surface area contributed by atoms with Gasteiger partial charge in [-0.15, -0.1) is 0 Å². The Morgan fingerprint density at radius 3 is 2.50 bits per heavy atom. The van der Waals surface area contributed by atoms with Crippen molar-refractivity contribution in [3.05, 3.63) is 28.2 Å². The minimum atomic E-state index is 0.622. The van der Waals surface area contributed by atoms with Crippen LogP contribution in [-0.4, -0.2) is 55.2 Å². The van der Waals surface area contributed by atoms with Crippen LogP contribution in [0.5, 0.6) is 5.75 Å². The Morgan fingerprint density at radius 2 is 1.77 bits per heavy atom. The number of benzene rings is 1. The summed E-state index contributed by atoms with van der Waals surface area (Å²) >= 11 is 12.1. The highest BCUT2D eigenvalue weighted by Gasteiger charge is 2.26. The fourth-order valence-electron chi connectivity index (χ4n) is 3.49. The lowest BCUT2D eigenvalue weighted by Crippen LogP contribution is -2.44. The lowest BCUT2D eigenvalue weighted by atomic mass is 10.0. The number of rotatable bonds is 5. The summed E-state index contributed by atoms with van der Waals surface area (Å²) in [5.41, 5.74) is 0. The maximum atomic E-state index is 6.11. The number of likely N-dealkylation sites (tertiary alicyclic amines) is 2. The fourth-order valence-corrected chi connectivity index (χ4v) is 3.82. The number of hydrogen-bond acceptors (Lipinski definition) is 3. The van der Waals surface area contributed by atoms with Gasteiger partial charge in [0.1, 0.15) is 12.4 Å². The molecule has 0 radical (unpaired) electrons. The second-order valence-electron chi connectivity index (χ2n) is 6.24. The Balaban J connectivity index is 1.39. The van der Waals surface area contributed by atoms with E-state index in [1.165, 1.54) is 51.9 Å².